The molecular formula is C43H41N5O5. The third-order valence-electron chi connectivity index (χ3n) is 9.12. The second-order valence-corrected chi connectivity index (χ2v) is 12.7. The normalized spacial score (nSPS) is 11.8. The third-order valence-corrected chi connectivity index (χ3v) is 9.12. The van der Waals surface area contributed by atoms with E-state index in [1.54, 1.807) is 43.5 Å². The summed E-state index contributed by atoms with van der Waals surface area (Å²) >= 11 is 0. The molecule has 0 aliphatic rings. The van der Waals surface area contributed by atoms with Gasteiger partial charge in [0.25, 0.3) is 5.91 Å². The molecule has 0 fully saturated rings. The van der Waals surface area contributed by atoms with Crippen LogP contribution < -0.4 is 20.9 Å². The van der Waals surface area contributed by atoms with E-state index in [1.165, 1.54) is 0 Å². The van der Waals surface area contributed by atoms with Crippen molar-refractivity contribution in [1.29, 1.82) is 0 Å². The summed E-state index contributed by atoms with van der Waals surface area (Å²) in [5, 5.41) is 20.7. The van der Waals surface area contributed by atoms with E-state index in [0.717, 1.165) is 27.9 Å². The topological polar surface area (TPSA) is 133 Å². The van der Waals surface area contributed by atoms with Crippen molar-refractivity contribution >= 4 is 45.9 Å². The van der Waals surface area contributed by atoms with Crippen LogP contribution in [0.4, 0.5) is 21.9 Å². The van der Waals surface area contributed by atoms with Crippen LogP contribution in [0.1, 0.15) is 39.5 Å². The molecule has 0 saturated carbocycles. The van der Waals surface area contributed by atoms with E-state index in [4.69, 9.17) is 4.74 Å². The number of nitrogens with one attached hydrogen (secondary N) is 3. The smallest absolute Gasteiger partial charge is 0.411 e. The number of carboxylic acid groups (broad SMARTS) is 1. The lowest BCUT2D eigenvalue weighted by Crippen LogP contribution is -2.53. The van der Waals surface area contributed by atoms with E-state index in [-0.39, 0.29) is 24.3 Å². The van der Waals surface area contributed by atoms with Crippen LogP contribution in [-0.2, 0) is 21.5 Å². The molecule has 0 unspecified atom stereocenters. The Bertz CT molecular complexity index is 2120. The van der Waals surface area contributed by atoms with Gasteiger partial charge in [-0.3, -0.25) is 25.2 Å². The molecular weight excluding hydrogens is 667 g/mol. The molecule has 268 valence electrons. The number of nitrogens with zero attached hydrogens (tertiary/aromatic N) is 2. The number of pyridine rings is 1. The van der Waals surface area contributed by atoms with Crippen LogP contribution in [0, 0.1) is 0 Å². The number of carbonyl (C=O) groups excluding carboxylic acids is 2. The zero-order valence-electron chi connectivity index (χ0n) is 29.7. The van der Waals surface area contributed by atoms with E-state index in [0.29, 0.717) is 16.6 Å². The Morgan fingerprint density at radius 2 is 1.34 bits per heavy atom. The molecule has 4 N–H and O–H groups in total. The fourth-order valence-electron chi connectivity index (χ4n) is 6.58. The van der Waals surface area contributed by atoms with Crippen LogP contribution in [0.25, 0.3) is 10.9 Å². The highest BCUT2D eigenvalue weighted by atomic mass is 16.5. The molecule has 0 saturated heterocycles. The molecule has 0 aliphatic heterocycles. The molecule has 53 heavy (non-hydrogen) atoms. The quantitative estimate of drug-likeness (QED) is 0.0899. The standard InChI is InChI=1S/C43H41N5O5/c1-4-53-42(52)46-36-25-23-33(48(2)3)28-35(36)40(49)45-37-24-22-29(34-21-14-26-44-39(34)37)27-38(41(50)51)47-43(30-15-8-5-9-16-30,31-17-10-6-11-18-31)32-19-12-7-13-20-32/h5-26,28,38,47H,4,27H2,1-3H3,(H,45,49)(H,46,52)(H,50,51)/t38-/m0/s1. The lowest BCUT2D eigenvalue weighted by atomic mass is 9.76. The highest BCUT2D eigenvalue weighted by molar-refractivity contribution is 6.13. The van der Waals surface area contributed by atoms with Gasteiger partial charge in [0.2, 0.25) is 0 Å². The second-order valence-electron chi connectivity index (χ2n) is 12.7. The molecule has 10 nitrogen and oxygen atoms in total. The number of hydrogen-bond donors (Lipinski definition) is 4. The second kappa shape index (κ2) is 16.2. The van der Waals surface area contributed by atoms with Gasteiger partial charge in [-0.25, -0.2) is 4.79 Å². The first kappa shape index (κ1) is 36.3. The predicted molar refractivity (Wildman–Crippen MR) is 209 cm³/mol. The molecule has 1 atom stereocenters. The summed E-state index contributed by atoms with van der Waals surface area (Å²) in [4.78, 5) is 45.9. The zero-order valence-corrected chi connectivity index (χ0v) is 29.7. The van der Waals surface area contributed by atoms with Gasteiger partial charge in [0.15, 0.2) is 0 Å². The molecule has 1 aromatic heterocycles. The van der Waals surface area contributed by atoms with E-state index < -0.39 is 29.6 Å². The highest BCUT2D eigenvalue weighted by Gasteiger charge is 2.40. The van der Waals surface area contributed by atoms with Crippen LogP contribution >= 0.6 is 0 Å². The van der Waals surface area contributed by atoms with Crippen molar-refractivity contribution in [2.24, 2.45) is 0 Å². The minimum atomic E-state index is -1.05. The Labute approximate surface area is 308 Å². The SMILES string of the molecule is CCOC(=O)Nc1ccc(N(C)C)cc1C(=O)Nc1ccc(C[C@H](NC(c2ccccc2)(c2ccccc2)c2ccccc2)C(=O)O)c2cccnc12. The van der Waals surface area contributed by atoms with Crippen molar-refractivity contribution in [3.05, 3.63) is 167 Å². The van der Waals surface area contributed by atoms with E-state index in [1.807, 2.05) is 122 Å². The molecule has 0 bridgehead atoms. The van der Waals surface area contributed by atoms with Crippen LogP contribution in [0.5, 0.6) is 0 Å². The number of fused-ring (bicyclic) bond motifs is 1. The summed E-state index contributed by atoms with van der Waals surface area (Å²) < 4.78 is 5.05. The molecule has 2 amide bonds. The summed E-state index contributed by atoms with van der Waals surface area (Å²) in [5.74, 6) is -1.49. The minimum Gasteiger partial charge on any atom is -0.480 e. The van der Waals surface area contributed by atoms with Gasteiger partial charge in [-0.05, 0) is 65.9 Å². The number of carboxylic acids is 1. The molecule has 6 aromatic rings. The molecule has 1 heterocycles. The number of aromatic nitrogens is 1. The molecule has 6 rings (SSSR count). The van der Waals surface area contributed by atoms with Crippen LogP contribution in [0.3, 0.4) is 0 Å². The maximum atomic E-state index is 13.9. The third kappa shape index (κ3) is 7.88. The van der Waals surface area contributed by atoms with E-state index in [2.05, 4.69) is 20.9 Å². The van der Waals surface area contributed by atoms with Gasteiger partial charge < -0.3 is 20.1 Å². The average molecular weight is 708 g/mol. The first-order valence-corrected chi connectivity index (χ1v) is 17.3. The fourth-order valence-corrected chi connectivity index (χ4v) is 6.58. The van der Waals surface area contributed by atoms with Crippen molar-refractivity contribution in [3.8, 4) is 0 Å². The van der Waals surface area contributed by atoms with Crippen molar-refractivity contribution in [2.75, 3.05) is 36.2 Å². The Hall–Kier alpha value is -6.52. The number of carbonyl (C=O) groups is 3. The first-order chi connectivity index (χ1) is 25.7. The van der Waals surface area contributed by atoms with Crippen LogP contribution in [0.15, 0.2) is 140 Å². The zero-order chi connectivity index (χ0) is 37.4. The van der Waals surface area contributed by atoms with Crippen molar-refractivity contribution in [3.63, 3.8) is 0 Å². The van der Waals surface area contributed by atoms with Crippen molar-refractivity contribution in [2.45, 2.75) is 24.9 Å². The van der Waals surface area contributed by atoms with E-state index >= 15 is 0 Å². The summed E-state index contributed by atoms with van der Waals surface area (Å²) in [6.07, 6.45) is 1.06. The lowest BCUT2D eigenvalue weighted by molar-refractivity contribution is -0.139. The molecule has 0 aliphatic carbocycles. The van der Waals surface area contributed by atoms with Gasteiger partial charge in [-0.2, -0.15) is 0 Å². The van der Waals surface area contributed by atoms with Gasteiger partial charge in [-0.1, -0.05) is 103 Å². The number of ether oxygens (including phenoxy) is 1. The van der Waals surface area contributed by atoms with Gasteiger partial charge in [-0.15, -0.1) is 0 Å². The summed E-state index contributed by atoms with van der Waals surface area (Å²) in [6, 6.07) is 40.8. The number of amides is 2. The number of benzene rings is 5. The monoisotopic (exact) mass is 707 g/mol. The molecule has 10 heteroatoms. The lowest BCUT2D eigenvalue weighted by Gasteiger charge is -2.39. The summed E-state index contributed by atoms with van der Waals surface area (Å²) in [6.45, 7) is 1.88. The van der Waals surface area contributed by atoms with Gasteiger partial charge in [0.1, 0.15) is 6.04 Å². The van der Waals surface area contributed by atoms with Crippen molar-refractivity contribution in [1.82, 2.24) is 10.3 Å². The minimum absolute atomic E-state index is 0.110. The average Bonchev–Trinajstić information content (AvgIpc) is 3.18. The Kier molecular flexibility index (Phi) is 11.1. The number of anilines is 3. The van der Waals surface area contributed by atoms with Crippen LogP contribution in [-0.4, -0.2) is 54.8 Å². The predicted octanol–water partition coefficient (Wildman–Crippen LogP) is 7.70. The number of hydrogen-bond acceptors (Lipinski definition) is 7. The van der Waals surface area contributed by atoms with Gasteiger partial charge in [0.05, 0.1) is 34.6 Å². The first-order valence-electron chi connectivity index (χ1n) is 17.3. The Morgan fingerprint density at radius 3 is 1.89 bits per heavy atom. The molecule has 0 radical (unpaired) electrons. The largest absolute Gasteiger partial charge is 0.480 e. The number of aliphatic carboxylic acids is 1. The highest BCUT2D eigenvalue weighted by Crippen LogP contribution is 2.38. The van der Waals surface area contributed by atoms with Gasteiger partial charge >= 0.3 is 12.1 Å². The Morgan fingerprint density at radius 1 is 0.755 bits per heavy atom. The summed E-state index contributed by atoms with van der Waals surface area (Å²) in [5.41, 5.74) is 4.59. The van der Waals surface area contributed by atoms with Crippen molar-refractivity contribution < 1.29 is 24.2 Å². The van der Waals surface area contributed by atoms with Crippen LogP contribution in [0.2, 0.25) is 0 Å². The maximum absolute atomic E-state index is 13.9. The maximum Gasteiger partial charge on any atom is 0.411 e. The summed E-state index contributed by atoms with van der Waals surface area (Å²) in [7, 11) is 3.71. The van der Waals surface area contributed by atoms with Gasteiger partial charge in [0, 0.05) is 31.4 Å². The van der Waals surface area contributed by atoms with E-state index in [9.17, 15) is 19.5 Å². The Balaban J connectivity index is 1.38. The fraction of sp³-hybridized carbons (Fsp3) is 0.163. The molecule has 0 spiro atoms. The number of rotatable bonds is 13. The molecule has 5 aromatic carbocycles.